The van der Waals surface area contributed by atoms with Crippen molar-refractivity contribution in [2.45, 2.75) is 44.7 Å². The zero-order valence-corrected chi connectivity index (χ0v) is 13.5. The highest BCUT2D eigenvalue weighted by Gasteiger charge is 2.44. The Morgan fingerprint density at radius 3 is 2.83 bits per heavy atom. The van der Waals surface area contributed by atoms with Crippen LogP contribution in [0, 0.1) is 11.7 Å². The fourth-order valence-electron chi connectivity index (χ4n) is 3.85. The highest BCUT2D eigenvalue weighted by atomic mass is 19.1. The molecule has 1 saturated carbocycles. The van der Waals surface area contributed by atoms with Crippen LogP contribution in [0.2, 0.25) is 0 Å². The Morgan fingerprint density at radius 2 is 2.08 bits per heavy atom. The standard InChI is InChI=1S/C19H19FN2O2/c1-11-7-15(23)10-17(12-4-5-12)22(11)19(24)16-9-14(20)8-13-3-2-6-21-18(13)16/h2-3,6,8-9,11-12,17H,4-5,7,10H2,1H3. The summed E-state index contributed by atoms with van der Waals surface area (Å²) in [7, 11) is 0. The molecule has 1 aromatic carbocycles. The van der Waals surface area contributed by atoms with E-state index >= 15 is 0 Å². The number of hydrogen-bond acceptors (Lipinski definition) is 3. The molecule has 2 unspecified atom stereocenters. The number of aromatic nitrogens is 1. The van der Waals surface area contributed by atoms with E-state index in [0.717, 1.165) is 12.8 Å². The van der Waals surface area contributed by atoms with E-state index in [-0.39, 0.29) is 29.3 Å². The van der Waals surface area contributed by atoms with Gasteiger partial charge in [0.1, 0.15) is 11.6 Å². The molecule has 2 atom stereocenters. The van der Waals surface area contributed by atoms with E-state index in [2.05, 4.69) is 4.98 Å². The lowest BCUT2D eigenvalue weighted by Gasteiger charge is -2.40. The van der Waals surface area contributed by atoms with Gasteiger partial charge in [0.05, 0.1) is 11.1 Å². The number of amides is 1. The normalized spacial score (nSPS) is 24.4. The average Bonchev–Trinajstić information content (AvgIpc) is 3.37. The molecule has 0 spiro atoms. The lowest BCUT2D eigenvalue weighted by Crippen LogP contribution is -2.52. The summed E-state index contributed by atoms with van der Waals surface area (Å²) in [5.74, 6) is -0.0447. The average molecular weight is 326 g/mol. The van der Waals surface area contributed by atoms with E-state index in [1.807, 2.05) is 11.8 Å². The maximum atomic E-state index is 14.0. The Hall–Kier alpha value is -2.30. The van der Waals surface area contributed by atoms with Crippen LogP contribution in [0.1, 0.15) is 43.0 Å². The molecule has 2 fully saturated rings. The van der Waals surface area contributed by atoms with Crippen molar-refractivity contribution < 1.29 is 14.0 Å². The number of halogens is 1. The van der Waals surface area contributed by atoms with E-state index in [0.29, 0.717) is 29.7 Å². The lowest BCUT2D eigenvalue weighted by atomic mass is 9.91. The molecule has 5 heteroatoms. The quantitative estimate of drug-likeness (QED) is 0.850. The molecule has 1 saturated heterocycles. The van der Waals surface area contributed by atoms with Crippen LogP contribution in [0.5, 0.6) is 0 Å². The minimum atomic E-state index is -0.442. The smallest absolute Gasteiger partial charge is 0.256 e. The molecule has 1 aliphatic carbocycles. The predicted octanol–water partition coefficient (Wildman–Crippen LogP) is 3.35. The Bertz CT molecular complexity index is 831. The van der Waals surface area contributed by atoms with Gasteiger partial charge in [-0.1, -0.05) is 6.07 Å². The van der Waals surface area contributed by atoms with Crippen molar-refractivity contribution in [3.8, 4) is 0 Å². The third-order valence-electron chi connectivity index (χ3n) is 5.09. The predicted molar refractivity (Wildman–Crippen MR) is 88.1 cm³/mol. The Kier molecular flexibility index (Phi) is 3.59. The van der Waals surface area contributed by atoms with Gasteiger partial charge in [-0.05, 0) is 43.9 Å². The number of hydrogen-bond donors (Lipinski definition) is 0. The zero-order valence-electron chi connectivity index (χ0n) is 13.5. The Balaban J connectivity index is 1.78. The molecule has 0 N–H and O–H groups in total. The van der Waals surface area contributed by atoms with Gasteiger partial charge >= 0.3 is 0 Å². The van der Waals surface area contributed by atoms with Crippen LogP contribution < -0.4 is 0 Å². The van der Waals surface area contributed by atoms with Gasteiger partial charge in [-0.3, -0.25) is 14.6 Å². The van der Waals surface area contributed by atoms with Gasteiger partial charge in [-0.25, -0.2) is 4.39 Å². The van der Waals surface area contributed by atoms with Gasteiger partial charge in [0.25, 0.3) is 5.91 Å². The largest absolute Gasteiger partial charge is 0.332 e. The fraction of sp³-hybridized carbons (Fsp3) is 0.421. The van der Waals surface area contributed by atoms with Crippen molar-refractivity contribution in [1.82, 2.24) is 9.88 Å². The summed E-state index contributed by atoms with van der Waals surface area (Å²) in [4.78, 5) is 31.3. The fourth-order valence-corrected chi connectivity index (χ4v) is 3.85. The van der Waals surface area contributed by atoms with Crippen LogP contribution >= 0.6 is 0 Å². The highest BCUT2D eigenvalue weighted by Crippen LogP contribution is 2.41. The number of benzene rings is 1. The van der Waals surface area contributed by atoms with Crippen molar-refractivity contribution in [2.24, 2.45) is 5.92 Å². The van der Waals surface area contributed by atoms with E-state index < -0.39 is 5.82 Å². The molecular formula is C19H19FN2O2. The molecule has 24 heavy (non-hydrogen) atoms. The molecule has 4 rings (SSSR count). The maximum Gasteiger partial charge on any atom is 0.256 e. The van der Waals surface area contributed by atoms with Crippen molar-refractivity contribution >= 4 is 22.6 Å². The Morgan fingerprint density at radius 1 is 1.29 bits per heavy atom. The molecule has 4 nitrogen and oxygen atoms in total. The monoisotopic (exact) mass is 326 g/mol. The number of carbonyl (C=O) groups excluding carboxylic acids is 2. The minimum absolute atomic E-state index is 0.0595. The van der Waals surface area contributed by atoms with Gasteiger partial charge in [0.15, 0.2) is 0 Å². The van der Waals surface area contributed by atoms with Gasteiger partial charge in [0.2, 0.25) is 0 Å². The molecule has 1 amide bonds. The van der Waals surface area contributed by atoms with E-state index in [1.54, 1.807) is 18.3 Å². The molecule has 2 aliphatic rings. The lowest BCUT2D eigenvalue weighted by molar-refractivity contribution is -0.124. The number of piperidine rings is 1. The van der Waals surface area contributed by atoms with Gasteiger partial charge in [-0.2, -0.15) is 0 Å². The van der Waals surface area contributed by atoms with Gasteiger partial charge in [0, 0.05) is 36.5 Å². The number of Topliss-reactive ketones (excluding diaryl/α,β-unsaturated/α-hetero) is 1. The number of nitrogens with zero attached hydrogens (tertiary/aromatic N) is 2. The number of likely N-dealkylation sites (tertiary alicyclic amines) is 1. The third-order valence-corrected chi connectivity index (χ3v) is 5.09. The number of ketones is 1. The number of pyridine rings is 1. The van der Waals surface area contributed by atoms with Crippen molar-refractivity contribution in [3.63, 3.8) is 0 Å². The van der Waals surface area contributed by atoms with Crippen LogP contribution in [0.4, 0.5) is 4.39 Å². The zero-order chi connectivity index (χ0) is 16.8. The Labute approximate surface area is 139 Å². The second-order valence-corrected chi connectivity index (χ2v) is 6.94. The molecule has 2 aromatic rings. The second-order valence-electron chi connectivity index (χ2n) is 6.94. The van der Waals surface area contributed by atoms with Gasteiger partial charge in [-0.15, -0.1) is 0 Å². The van der Waals surface area contributed by atoms with Crippen molar-refractivity contribution in [1.29, 1.82) is 0 Å². The highest BCUT2D eigenvalue weighted by molar-refractivity contribution is 6.06. The molecule has 2 heterocycles. The van der Waals surface area contributed by atoms with E-state index in [1.165, 1.54) is 12.1 Å². The topological polar surface area (TPSA) is 50.3 Å². The van der Waals surface area contributed by atoms with Crippen LogP contribution in [-0.4, -0.2) is 33.7 Å². The second kappa shape index (κ2) is 5.65. The van der Waals surface area contributed by atoms with Crippen LogP contribution in [0.15, 0.2) is 30.5 Å². The summed E-state index contributed by atoms with van der Waals surface area (Å²) in [6.45, 7) is 1.90. The van der Waals surface area contributed by atoms with Crippen LogP contribution in [0.25, 0.3) is 10.9 Å². The first-order chi connectivity index (χ1) is 11.5. The maximum absolute atomic E-state index is 14.0. The first-order valence-electron chi connectivity index (χ1n) is 8.43. The molecule has 1 aliphatic heterocycles. The first-order valence-corrected chi connectivity index (χ1v) is 8.43. The summed E-state index contributed by atoms with van der Waals surface area (Å²) in [5, 5.41) is 0.615. The third kappa shape index (κ3) is 2.58. The van der Waals surface area contributed by atoms with Crippen LogP contribution in [-0.2, 0) is 4.79 Å². The van der Waals surface area contributed by atoms with Crippen molar-refractivity contribution in [2.75, 3.05) is 0 Å². The molecule has 0 bridgehead atoms. The minimum Gasteiger partial charge on any atom is -0.332 e. The van der Waals surface area contributed by atoms with Crippen molar-refractivity contribution in [3.05, 3.63) is 41.8 Å². The summed E-state index contributed by atoms with van der Waals surface area (Å²) in [6.07, 6.45) is 4.50. The number of rotatable bonds is 2. The van der Waals surface area contributed by atoms with Crippen LogP contribution in [0.3, 0.4) is 0 Å². The van der Waals surface area contributed by atoms with E-state index in [4.69, 9.17) is 0 Å². The number of fused-ring (bicyclic) bond motifs is 1. The summed E-state index contributed by atoms with van der Waals surface area (Å²) in [6, 6.07) is 5.92. The SMILES string of the molecule is CC1CC(=O)CC(C2CC2)N1C(=O)c1cc(F)cc2cccnc12. The van der Waals surface area contributed by atoms with E-state index in [9.17, 15) is 14.0 Å². The summed E-state index contributed by atoms with van der Waals surface area (Å²) in [5.41, 5.74) is 0.806. The summed E-state index contributed by atoms with van der Waals surface area (Å²) >= 11 is 0. The molecule has 0 radical (unpaired) electrons. The number of carbonyl (C=O) groups is 2. The molecular weight excluding hydrogens is 307 g/mol. The first kappa shape index (κ1) is 15.2. The summed E-state index contributed by atoms with van der Waals surface area (Å²) < 4.78 is 14.0. The molecule has 124 valence electrons. The van der Waals surface area contributed by atoms with Gasteiger partial charge < -0.3 is 4.90 Å². The molecule has 1 aromatic heterocycles.